The second kappa shape index (κ2) is 13.3. The van der Waals surface area contributed by atoms with Gasteiger partial charge in [0.15, 0.2) is 9.84 Å². The average molecular weight is 609 g/mol. The lowest BCUT2D eigenvalue weighted by atomic mass is 10.0. The molecule has 1 aliphatic heterocycles. The van der Waals surface area contributed by atoms with Crippen molar-refractivity contribution in [2.24, 2.45) is 0 Å². The lowest BCUT2D eigenvalue weighted by Crippen LogP contribution is -2.39. The highest BCUT2D eigenvalue weighted by Gasteiger charge is 2.22. The predicted molar refractivity (Wildman–Crippen MR) is 174 cm³/mol. The van der Waals surface area contributed by atoms with Crippen LogP contribution in [0.1, 0.15) is 35.1 Å². The zero-order chi connectivity index (χ0) is 31.3. The molecule has 0 unspecified atom stereocenters. The van der Waals surface area contributed by atoms with E-state index in [1.165, 1.54) is 12.3 Å². The van der Waals surface area contributed by atoms with Crippen molar-refractivity contribution < 1.29 is 13.2 Å². The molecule has 0 amide bonds. The molecule has 2 heterocycles. The minimum absolute atomic E-state index is 0.189. The molecule has 1 aliphatic rings. The highest BCUT2D eigenvalue weighted by molar-refractivity contribution is 7.90. The monoisotopic (exact) mass is 608 g/mol. The summed E-state index contributed by atoms with van der Waals surface area (Å²) < 4.78 is 30.0. The maximum absolute atomic E-state index is 11.8. The van der Waals surface area contributed by atoms with Crippen molar-refractivity contribution >= 4 is 27.5 Å². The third kappa shape index (κ3) is 7.43. The fraction of sp³-hybridized carbons (Fsp3) is 0.265. The van der Waals surface area contributed by atoms with Crippen molar-refractivity contribution in [3.8, 4) is 28.8 Å². The highest BCUT2D eigenvalue weighted by Crippen LogP contribution is 2.37. The van der Waals surface area contributed by atoms with Gasteiger partial charge in [0, 0.05) is 55.5 Å². The molecular formula is C34H36N6O3S. The maximum Gasteiger partial charge on any atom is 0.232 e. The Kier molecular flexibility index (Phi) is 9.28. The number of nitrogens with one attached hydrogen (secondary N) is 1. The van der Waals surface area contributed by atoms with Crippen molar-refractivity contribution in [3.63, 3.8) is 0 Å². The number of rotatable bonds is 9. The molecule has 44 heavy (non-hydrogen) atoms. The lowest BCUT2D eigenvalue weighted by Gasteiger charge is -2.32. The van der Waals surface area contributed by atoms with Crippen LogP contribution in [0.15, 0.2) is 77.8 Å². The fourth-order valence-electron chi connectivity index (χ4n) is 5.43. The topological polar surface area (TPSA) is 134 Å². The van der Waals surface area contributed by atoms with Gasteiger partial charge in [0.2, 0.25) is 11.8 Å². The smallest absolute Gasteiger partial charge is 0.232 e. The number of aromatic nitrogens is 2. The molecule has 3 aromatic carbocycles. The van der Waals surface area contributed by atoms with Crippen molar-refractivity contribution in [2.75, 3.05) is 30.4 Å². The molecule has 0 radical (unpaired) electrons. The first-order valence-electron chi connectivity index (χ1n) is 14.5. The van der Waals surface area contributed by atoms with Crippen LogP contribution in [0.3, 0.4) is 0 Å². The Morgan fingerprint density at radius 3 is 2.39 bits per heavy atom. The molecule has 0 bridgehead atoms. The number of sulfone groups is 1. The molecule has 1 saturated heterocycles. The number of anilines is 2. The molecule has 9 nitrogen and oxygen atoms in total. The van der Waals surface area contributed by atoms with Gasteiger partial charge in [0.25, 0.3) is 0 Å². The normalized spacial score (nSPS) is 14.4. The van der Waals surface area contributed by atoms with Crippen LogP contribution < -0.4 is 15.8 Å². The number of hydrogen-bond donors (Lipinski definition) is 2. The van der Waals surface area contributed by atoms with Crippen LogP contribution >= 0.6 is 0 Å². The van der Waals surface area contributed by atoms with Crippen molar-refractivity contribution in [3.05, 3.63) is 95.2 Å². The lowest BCUT2D eigenvalue weighted by molar-refractivity contribution is 0.211. The summed E-state index contributed by atoms with van der Waals surface area (Å²) in [6.07, 6.45) is 8.01. The third-order valence-electron chi connectivity index (χ3n) is 7.71. The molecule has 0 saturated carbocycles. The van der Waals surface area contributed by atoms with Crippen LogP contribution in [0.5, 0.6) is 11.6 Å². The summed E-state index contributed by atoms with van der Waals surface area (Å²) in [5.74, 6) is 1.58. The average Bonchev–Trinajstić information content (AvgIpc) is 2.99. The van der Waals surface area contributed by atoms with Crippen LogP contribution in [0, 0.1) is 25.2 Å². The van der Waals surface area contributed by atoms with Crippen LogP contribution in [-0.2, 0) is 16.4 Å². The minimum atomic E-state index is -3.20. The summed E-state index contributed by atoms with van der Waals surface area (Å²) >= 11 is 0. The standard InChI is InChI=1S/C34H36N6O3S/c1-23-19-26(7-6-16-35)20-24(2)32(23)43-33-30(29-8-4-5-9-31(29)36)21-37-34(39-33)38-27-14-17-40(18-15-27)22-25-10-12-28(13-11-25)44(3,41)42/h4-13,19-21,27H,14-15,17-18,22,36H2,1-3H3,(H,37,38,39)/b7-6+. The molecule has 5 rings (SSSR count). The van der Waals surface area contributed by atoms with Gasteiger partial charge >= 0.3 is 0 Å². The van der Waals surface area contributed by atoms with Crippen molar-refractivity contribution in [1.82, 2.24) is 14.9 Å². The number of hydrogen-bond acceptors (Lipinski definition) is 9. The number of ether oxygens (including phenoxy) is 1. The van der Waals surface area contributed by atoms with Gasteiger partial charge in [-0.2, -0.15) is 10.2 Å². The van der Waals surface area contributed by atoms with Gasteiger partial charge in [0.05, 0.1) is 16.5 Å². The number of nitrogen functional groups attached to an aromatic ring is 1. The van der Waals surface area contributed by atoms with Gasteiger partial charge in [-0.05, 0) is 85.4 Å². The second-order valence-corrected chi connectivity index (χ2v) is 13.2. The van der Waals surface area contributed by atoms with Gasteiger partial charge < -0.3 is 15.8 Å². The Bertz CT molecular complexity index is 1800. The molecule has 4 aromatic rings. The summed E-state index contributed by atoms with van der Waals surface area (Å²) in [6.45, 7) is 6.48. The number of nitrogens with two attached hydrogens (primary N) is 1. The van der Waals surface area contributed by atoms with Gasteiger partial charge in [0.1, 0.15) is 5.75 Å². The molecule has 1 fully saturated rings. The number of nitriles is 1. The minimum Gasteiger partial charge on any atom is -0.438 e. The molecule has 0 spiro atoms. The Morgan fingerprint density at radius 2 is 1.75 bits per heavy atom. The zero-order valence-corrected chi connectivity index (χ0v) is 25.9. The molecule has 0 atom stereocenters. The number of likely N-dealkylation sites (tertiary alicyclic amines) is 1. The van der Waals surface area contributed by atoms with E-state index in [9.17, 15) is 8.42 Å². The molecule has 10 heteroatoms. The zero-order valence-electron chi connectivity index (χ0n) is 25.1. The first kappa shape index (κ1) is 30.7. The van der Waals surface area contributed by atoms with Gasteiger partial charge in [-0.15, -0.1) is 0 Å². The molecular weight excluding hydrogens is 572 g/mol. The molecule has 1 aromatic heterocycles. The number of benzene rings is 3. The number of nitrogens with zero attached hydrogens (tertiary/aromatic N) is 4. The van der Waals surface area contributed by atoms with E-state index in [2.05, 4.69) is 15.2 Å². The number of allylic oxidation sites excluding steroid dienone is 1. The summed E-state index contributed by atoms with van der Waals surface area (Å²) in [7, 11) is -3.20. The Morgan fingerprint density at radius 1 is 1.07 bits per heavy atom. The fourth-order valence-corrected chi connectivity index (χ4v) is 6.06. The van der Waals surface area contributed by atoms with Crippen LogP contribution in [0.25, 0.3) is 17.2 Å². The van der Waals surface area contributed by atoms with E-state index in [0.717, 1.165) is 60.3 Å². The van der Waals surface area contributed by atoms with Crippen LogP contribution in [-0.4, -0.2) is 48.7 Å². The first-order valence-corrected chi connectivity index (χ1v) is 16.3. The van der Waals surface area contributed by atoms with Crippen LogP contribution in [0.2, 0.25) is 0 Å². The second-order valence-electron chi connectivity index (χ2n) is 11.2. The van der Waals surface area contributed by atoms with Crippen molar-refractivity contribution in [2.45, 2.75) is 44.2 Å². The SMILES string of the molecule is Cc1cc(/C=C/C#N)cc(C)c1Oc1nc(NC2CCN(Cc3ccc(S(C)(=O)=O)cc3)CC2)ncc1-c1ccccc1N. The number of aryl methyl sites for hydroxylation is 2. The van der Waals surface area contributed by atoms with Crippen LogP contribution in [0.4, 0.5) is 11.6 Å². The Balaban J connectivity index is 1.32. The van der Waals surface area contributed by atoms with E-state index in [1.54, 1.807) is 24.4 Å². The Hall–Kier alpha value is -4.72. The highest BCUT2D eigenvalue weighted by atomic mass is 32.2. The van der Waals surface area contributed by atoms with E-state index in [0.29, 0.717) is 33.7 Å². The molecule has 0 aliphatic carbocycles. The van der Waals surface area contributed by atoms with E-state index in [1.807, 2.05) is 68.4 Å². The van der Waals surface area contributed by atoms with Gasteiger partial charge in [-0.1, -0.05) is 30.3 Å². The van der Waals surface area contributed by atoms with Crippen molar-refractivity contribution in [1.29, 1.82) is 5.26 Å². The third-order valence-corrected chi connectivity index (χ3v) is 8.84. The van der Waals surface area contributed by atoms with E-state index < -0.39 is 9.84 Å². The van der Waals surface area contributed by atoms with E-state index in [-0.39, 0.29) is 6.04 Å². The van der Waals surface area contributed by atoms with Gasteiger partial charge in [-0.3, -0.25) is 4.90 Å². The quantitative estimate of drug-likeness (QED) is 0.169. The van der Waals surface area contributed by atoms with E-state index in [4.69, 9.17) is 20.7 Å². The number of para-hydroxylation sites is 1. The summed E-state index contributed by atoms with van der Waals surface area (Å²) in [5.41, 5.74) is 12.3. The largest absolute Gasteiger partial charge is 0.438 e. The summed E-state index contributed by atoms with van der Waals surface area (Å²) in [5, 5.41) is 12.4. The first-order chi connectivity index (χ1) is 21.1. The molecule has 3 N–H and O–H groups in total. The van der Waals surface area contributed by atoms with E-state index >= 15 is 0 Å². The van der Waals surface area contributed by atoms with Gasteiger partial charge in [-0.25, -0.2) is 13.4 Å². The number of piperidine rings is 1. The maximum atomic E-state index is 11.8. The molecule has 226 valence electrons. The predicted octanol–water partition coefficient (Wildman–Crippen LogP) is 6.15. The summed E-state index contributed by atoms with van der Waals surface area (Å²) in [6, 6.07) is 20.8. The summed E-state index contributed by atoms with van der Waals surface area (Å²) in [4.78, 5) is 12.2. The Labute approximate surface area is 259 Å².